The molecule has 1 atom stereocenters. The van der Waals surface area contributed by atoms with Crippen LogP contribution in [0.1, 0.15) is 42.3 Å². The molecule has 2 aromatic rings. The lowest BCUT2D eigenvalue weighted by atomic mass is 9.85. The number of fused-ring (bicyclic) bond motifs is 1. The lowest BCUT2D eigenvalue weighted by Crippen LogP contribution is -2.51. The van der Waals surface area contributed by atoms with Crippen LogP contribution >= 0.6 is 0 Å². The summed E-state index contributed by atoms with van der Waals surface area (Å²) in [6, 6.07) is 16.0. The van der Waals surface area contributed by atoms with Gasteiger partial charge in [-0.05, 0) is 41.2 Å². The van der Waals surface area contributed by atoms with Gasteiger partial charge in [-0.3, -0.25) is 9.69 Å². The lowest BCUT2D eigenvalue weighted by molar-refractivity contribution is 0.0862. The van der Waals surface area contributed by atoms with Crippen LogP contribution < -0.4 is 10.1 Å². The fraction of sp³-hybridized carbons (Fsp3) is 0.435. The van der Waals surface area contributed by atoms with Gasteiger partial charge in [-0.15, -0.1) is 0 Å². The molecule has 1 N–H and O–H groups in total. The first-order valence-corrected chi connectivity index (χ1v) is 9.61. The quantitative estimate of drug-likeness (QED) is 0.873. The molecule has 27 heavy (non-hydrogen) atoms. The molecule has 0 fully saturated rings. The van der Waals surface area contributed by atoms with Gasteiger partial charge in [-0.1, -0.05) is 51.1 Å². The van der Waals surface area contributed by atoms with Crippen LogP contribution in [0.3, 0.4) is 0 Å². The van der Waals surface area contributed by atoms with E-state index < -0.39 is 0 Å². The monoisotopic (exact) mass is 366 g/mol. The number of carbonyl (C=O) groups is 1. The number of nitrogens with one attached hydrogen (secondary N) is 1. The van der Waals surface area contributed by atoms with Gasteiger partial charge < -0.3 is 10.1 Å². The van der Waals surface area contributed by atoms with Crippen molar-refractivity contribution in [3.63, 3.8) is 0 Å². The Morgan fingerprint density at radius 2 is 1.89 bits per heavy atom. The Morgan fingerprint density at radius 1 is 1.15 bits per heavy atom. The standard InChI is InChI=1S/C23H30N2O2/c1-23(2,3)21(24-22(26)18-10-7-11-20(14-18)27-4)16-25-13-12-17-8-5-6-9-19(17)15-25/h5-11,14,21H,12-13,15-16H2,1-4H3,(H,24,26)/t21-/m1/s1. The van der Waals surface area contributed by atoms with Crippen molar-refractivity contribution in [2.75, 3.05) is 20.2 Å². The van der Waals surface area contributed by atoms with Gasteiger partial charge in [-0.25, -0.2) is 0 Å². The summed E-state index contributed by atoms with van der Waals surface area (Å²) >= 11 is 0. The molecule has 1 aliphatic rings. The predicted molar refractivity (Wildman–Crippen MR) is 109 cm³/mol. The summed E-state index contributed by atoms with van der Waals surface area (Å²) in [5.41, 5.74) is 3.44. The van der Waals surface area contributed by atoms with Crippen LogP contribution in [0.25, 0.3) is 0 Å². The van der Waals surface area contributed by atoms with Crippen LogP contribution in [0.2, 0.25) is 0 Å². The van der Waals surface area contributed by atoms with Gasteiger partial charge in [0.15, 0.2) is 0 Å². The number of methoxy groups -OCH3 is 1. The molecule has 0 spiro atoms. The Kier molecular flexibility index (Phi) is 5.85. The van der Waals surface area contributed by atoms with Gasteiger partial charge in [0.2, 0.25) is 0 Å². The van der Waals surface area contributed by atoms with Gasteiger partial charge >= 0.3 is 0 Å². The number of carbonyl (C=O) groups excluding carboxylic acids is 1. The minimum Gasteiger partial charge on any atom is -0.497 e. The van der Waals surface area contributed by atoms with Crippen LogP contribution in [0.15, 0.2) is 48.5 Å². The zero-order valence-electron chi connectivity index (χ0n) is 16.8. The molecule has 0 unspecified atom stereocenters. The predicted octanol–water partition coefficient (Wildman–Crippen LogP) is 3.90. The van der Waals surface area contributed by atoms with Crippen LogP contribution in [-0.2, 0) is 13.0 Å². The summed E-state index contributed by atoms with van der Waals surface area (Å²) in [6.07, 6.45) is 1.07. The maximum Gasteiger partial charge on any atom is 0.251 e. The first-order valence-electron chi connectivity index (χ1n) is 9.61. The Labute approximate surface area is 162 Å². The van der Waals surface area contributed by atoms with E-state index in [1.807, 2.05) is 18.2 Å². The van der Waals surface area contributed by atoms with E-state index in [1.54, 1.807) is 13.2 Å². The molecule has 2 aromatic carbocycles. The molecule has 0 aromatic heterocycles. The molecule has 4 nitrogen and oxygen atoms in total. The van der Waals surface area contributed by atoms with Crippen LogP contribution in [-0.4, -0.2) is 37.0 Å². The minimum absolute atomic E-state index is 0.0362. The van der Waals surface area contributed by atoms with Crippen molar-refractivity contribution in [3.05, 3.63) is 65.2 Å². The average molecular weight is 367 g/mol. The summed E-state index contributed by atoms with van der Waals surface area (Å²) in [4.78, 5) is 15.3. The zero-order chi connectivity index (χ0) is 19.4. The largest absolute Gasteiger partial charge is 0.497 e. The maximum absolute atomic E-state index is 12.8. The number of hydrogen-bond donors (Lipinski definition) is 1. The normalized spacial score (nSPS) is 15.7. The third kappa shape index (κ3) is 4.89. The van der Waals surface area contributed by atoms with Crippen molar-refractivity contribution in [2.24, 2.45) is 5.41 Å². The van der Waals surface area contributed by atoms with Crippen LogP contribution in [0.5, 0.6) is 5.75 Å². The Morgan fingerprint density at radius 3 is 2.59 bits per heavy atom. The second-order valence-electron chi connectivity index (χ2n) is 8.38. The molecular weight excluding hydrogens is 336 g/mol. The van der Waals surface area contributed by atoms with Crippen molar-refractivity contribution in [1.82, 2.24) is 10.2 Å². The van der Waals surface area contributed by atoms with E-state index in [9.17, 15) is 4.79 Å². The van der Waals surface area contributed by atoms with Crippen molar-refractivity contribution >= 4 is 5.91 Å². The topological polar surface area (TPSA) is 41.6 Å². The van der Waals surface area contributed by atoms with Gasteiger partial charge in [0.05, 0.1) is 7.11 Å². The van der Waals surface area contributed by atoms with Crippen molar-refractivity contribution in [1.29, 1.82) is 0 Å². The number of ether oxygens (including phenoxy) is 1. The molecule has 0 aliphatic carbocycles. The summed E-state index contributed by atoms with van der Waals surface area (Å²) in [5.74, 6) is 0.647. The number of nitrogens with zero attached hydrogens (tertiary/aromatic N) is 1. The lowest BCUT2D eigenvalue weighted by Gasteiger charge is -2.38. The number of amides is 1. The molecule has 1 aliphatic heterocycles. The average Bonchev–Trinajstić information content (AvgIpc) is 2.66. The third-order valence-electron chi connectivity index (χ3n) is 5.33. The van der Waals surface area contributed by atoms with E-state index in [1.165, 1.54) is 11.1 Å². The minimum atomic E-state index is -0.0498. The van der Waals surface area contributed by atoms with E-state index in [0.717, 1.165) is 26.1 Å². The van der Waals surface area contributed by atoms with E-state index in [2.05, 4.69) is 55.3 Å². The highest BCUT2D eigenvalue weighted by Gasteiger charge is 2.29. The van der Waals surface area contributed by atoms with Crippen LogP contribution in [0, 0.1) is 5.41 Å². The Bertz CT molecular complexity index is 795. The first-order chi connectivity index (χ1) is 12.9. The molecule has 0 saturated carbocycles. The zero-order valence-corrected chi connectivity index (χ0v) is 16.8. The number of hydrogen-bond acceptors (Lipinski definition) is 3. The second kappa shape index (κ2) is 8.13. The maximum atomic E-state index is 12.8. The van der Waals surface area contributed by atoms with E-state index in [-0.39, 0.29) is 17.4 Å². The van der Waals surface area contributed by atoms with Gasteiger partial charge in [0.25, 0.3) is 5.91 Å². The van der Waals surface area contributed by atoms with E-state index in [0.29, 0.717) is 11.3 Å². The smallest absolute Gasteiger partial charge is 0.251 e. The van der Waals surface area contributed by atoms with Crippen molar-refractivity contribution < 1.29 is 9.53 Å². The molecule has 0 bridgehead atoms. The van der Waals surface area contributed by atoms with E-state index >= 15 is 0 Å². The van der Waals surface area contributed by atoms with Crippen LogP contribution in [0.4, 0.5) is 0 Å². The van der Waals surface area contributed by atoms with Gasteiger partial charge in [0.1, 0.15) is 5.75 Å². The second-order valence-corrected chi connectivity index (χ2v) is 8.38. The molecule has 0 saturated heterocycles. The fourth-order valence-electron chi connectivity index (χ4n) is 3.51. The van der Waals surface area contributed by atoms with Crippen molar-refractivity contribution in [2.45, 2.75) is 39.8 Å². The number of benzene rings is 2. The molecule has 144 valence electrons. The Hall–Kier alpha value is -2.33. The summed E-state index contributed by atoms with van der Waals surface area (Å²) < 4.78 is 5.24. The molecular formula is C23H30N2O2. The third-order valence-corrected chi connectivity index (χ3v) is 5.33. The van der Waals surface area contributed by atoms with Crippen molar-refractivity contribution in [3.8, 4) is 5.75 Å². The van der Waals surface area contributed by atoms with Gasteiger partial charge in [0, 0.05) is 31.2 Å². The summed E-state index contributed by atoms with van der Waals surface area (Å²) in [7, 11) is 1.61. The molecule has 3 rings (SSSR count). The fourth-order valence-corrected chi connectivity index (χ4v) is 3.51. The van der Waals surface area contributed by atoms with Gasteiger partial charge in [-0.2, -0.15) is 0 Å². The number of rotatable bonds is 5. The molecule has 4 heteroatoms. The Balaban J connectivity index is 1.70. The highest BCUT2D eigenvalue weighted by molar-refractivity contribution is 5.94. The summed E-state index contributed by atoms with van der Waals surface area (Å²) in [5, 5.41) is 3.26. The van der Waals surface area contributed by atoms with E-state index in [4.69, 9.17) is 4.74 Å². The highest BCUT2D eigenvalue weighted by Crippen LogP contribution is 2.24. The summed E-state index contributed by atoms with van der Waals surface area (Å²) in [6.45, 7) is 9.36. The molecule has 1 amide bonds. The molecule has 1 heterocycles. The SMILES string of the molecule is COc1cccc(C(=O)N[C@H](CN2CCc3ccccc3C2)C(C)(C)C)c1. The first kappa shape index (κ1) is 19.4. The molecule has 0 radical (unpaired) electrons. The highest BCUT2D eigenvalue weighted by atomic mass is 16.5.